The Hall–Kier alpha value is -2.44. The molecule has 1 fully saturated rings. The molecule has 1 aromatic heterocycles. The van der Waals surface area contributed by atoms with E-state index in [-0.39, 0.29) is 16.9 Å². The van der Waals surface area contributed by atoms with Crippen molar-refractivity contribution in [2.45, 2.75) is 46.6 Å². The molecule has 0 spiro atoms. The first kappa shape index (κ1) is 19.3. The smallest absolute Gasteiger partial charge is 0.0998 e. The van der Waals surface area contributed by atoms with Gasteiger partial charge in [0.15, 0.2) is 0 Å². The van der Waals surface area contributed by atoms with E-state index in [9.17, 15) is 10.4 Å². The second kappa shape index (κ2) is 7.29. The summed E-state index contributed by atoms with van der Waals surface area (Å²) in [6.45, 7) is 9.06. The molecule has 1 unspecified atom stereocenters. The standard InChI is InChI=1S/C24H28N2O/c1-17-13-21(27)14-24(4,23(17,2)3)12-11-20-10-9-19(16-26-20)22-8-6-5-7-18(22)15-25/h5-12,16-17,21,27H,13-14H2,1-4H3/b12-11+/t17-,21?,24+/m0/s1. The van der Waals surface area contributed by atoms with Crippen LogP contribution >= 0.6 is 0 Å². The van der Waals surface area contributed by atoms with Gasteiger partial charge in [0.05, 0.1) is 23.4 Å². The molecule has 1 heterocycles. The van der Waals surface area contributed by atoms with Gasteiger partial charge >= 0.3 is 0 Å². The minimum Gasteiger partial charge on any atom is -0.393 e. The molecule has 0 amide bonds. The van der Waals surface area contributed by atoms with E-state index in [0.717, 1.165) is 29.7 Å². The molecule has 0 aliphatic heterocycles. The number of benzene rings is 1. The Labute approximate surface area is 162 Å². The zero-order valence-corrected chi connectivity index (χ0v) is 16.6. The third kappa shape index (κ3) is 3.68. The van der Waals surface area contributed by atoms with Crippen molar-refractivity contribution in [1.29, 1.82) is 5.26 Å². The Morgan fingerprint density at radius 1 is 1.19 bits per heavy atom. The highest BCUT2D eigenvalue weighted by atomic mass is 16.3. The van der Waals surface area contributed by atoms with Crippen molar-refractivity contribution in [3.63, 3.8) is 0 Å². The van der Waals surface area contributed by atoms with Crippen molar-refractivity contribution in [3.05, 3.63) is 59.9 Å². The third-order valence-electron chi connectivity index (χ3n) is 6.76. The molecule has 2 aromatic rings. The fourth-order valence-electron chi connectivity index (χ4n) is 4.15. The summed E-state index contributed by atoms with van der Waals surface area (Å²) in [6.07, 6.45) is 7.49. The summed E-state index contributed by atoms with van der Waals surface area (Å²) in [4.78, 5) is 4.57. The number of pyridine rings is 1. The fraction of sp³-hybridized carbons (Fsp3) is 0.417. The van der Waals surface area contributed by atoms with Crippen LogP contribution in [0.2, 0.25) is 0 Å². The molecular formula is C24H28N2O. The Balaban J connectivity index is 1.85. The van der Waals surface area contributed by atoms with Crippen molar-refractivity contribution in [3.8, 4) is 17.2 Å². The van der Waals surface area contributed by atoms with Gasteiger partial charge in [-0.3, -0.25) is 4.98 Å². The summed E-state index contributed by atoms with van der Waals surface area (Å²) in [6, 6.07) is 13.8. The van der Waals surface area contributed by atoms with Crippen LogP contribution in [0.25, 0.3) is 17.2 Å². The summed E-state index contributed by atoms with van der Waals surface area (Å²) >= 11 is 0. The van der Waals surface area contributed by atoms with E-state index in [2.05, 4.69) is 50.9 Å². The molecule has 3 atom stereocenters. The number of aliphatic hydroxyl groups is 1. The van der Waals surface area contributed by atoms with Crippen molar-refractivity contribution in [1.82, 2.24) is 4.98 Å². The predicted molar refractivity (Wildman–Crippen MR) is 110 cm³/mol. The number of nitrogens with zero attached hydrogens (tertiary/aromatic N) is 2. The normalized spacial score (nSPS) is 27.4. The summed E-state index contributed by atoms with van der Waals surface area (Å²) in [7, 11) is 0. The largest absolute Gasteiger partial charge is 0.393 e. The number of aliphatic hydroxyl groups excluding tert-OH is 1. The summed E-state index contributed by atoms with van der Waals surface area (Å²) in [5, 5.41) is 19.6. The van der Waals surface area contributed by atoms with Gasteiger partial charge in [0, 0.05) is 17.3 Å². The van der Waals surface area contributed by atoms with Gasteiger partial charge in [0.1, 0.15) is 0 Å². The zero-order valence-electron chi connectivity index (χ0n) is 16.6. The second-order valence-electron chi connectivity index (χ2n) is 8.60. The molecule has 1 saturated carbocycles. The first-order valence-electron chi connectivity index (χ1n) is 9.60. The van der Waals surface area contributed by atoms with Gasteiger partial charge in [0.2, 0.25) is 0 Å². The number of nitriles is 1. The van der Waals surface area contributed by atoms with E-state index >= 15 is 0 Å². The average Bonchev–Trinajstić information content (AvgIpc) is 2.65. The molecule has 1 aliphatic rings. The van der Waals surface area contributed by atoms with Crippen molar-refractivity contribution in [2.75, 3.05) is 0 Å². The molecule has 3 nitrogen and oxygen atoms in total. The van der Waals surface area contributed by atoms with E-state index in [1.165, 1.54) is 0 Å². The number of aromatic nitrogens is 1. The molecule has 1 aromatic carbocycles. The van der Waals surface area contributed by atoms with E-state index < -0.39 is 0 Å². The summed E-state index contributed by atoms with van der Waals surface area (Å²) in [5.41, 5.74) is 3.41. The fourth-order valence-corrected chi connectivity index (χ4v) is 4.15. The zero-order chi connectivity index (χ0) is 19.7. The number of hydrogen-bond donors (Lipinski definition) is 1. The monoisotopic (exact) mass is 360 g/mol. The highest BCUT2D eigenvalue weighted by Gasteiger charge is 2.47. The first-order chi connectivity index (χ1) is 12.8. The highest BCUT2D eigenvalue weighted by Crippen LogP contribution is 2.54. The number of hydrogen-bond acceptors (Lipinski definition) is 3. The van der Waals surface area contributed by atoms with E-state index in [4.69, 9.17) is 0 Å². The lowest BCUT2D eigenvalue weighted by atomic mass is 9.53. The molecule has 0 radical (unpaired) electrons. The minimum absolute atomic E-state index is 0.0855. The molecule has 3 heteroatoms. The van der Waals surface area contributed by atoms with Crippen molar-refractivity contribution in [2.24, 2.45) is 16.7 Å². The molecule has 3 rings (SSSR count). The van der Waals surface area contributed by atoms with Gasteiger partial charge in [-0.2, -0.15) is 5.26 Å². The van der Waals surface area contributed by atoms with Crippen molar-refractivity contribution >= 4 is 6.08 Å². The second-order valence-corrected chi connectivity index (χ2v) is 8.60. The van der Waals surface area contributed by atoms with E-state index in [1.54, 1.807) is 0 Å². The lowest BCUT2D eigenvalue weighted by Gasteiger charge is -2.52. The number of rotatable bonds is 3. The van der Waals surface area contributed by atoms with Crippen LogP contribution in [-0.2, 0) is 0 Å². The minimum atomic E-state index is -0.250. The summed E-state index contributed by atoms with van der Waals surface area (Å²) in [5.74, 6) is 0.453. The maximum Gasteiger partial charge on any atom is 0.0998 e. The number of allylic oxidation sites excluding steroid dienone is 1. The Morgan fingerprint density at radius 3 is 2.59 bits per heavy atom. The van der Waals surface area contributed by atoms with Crippen LogP contribution in [0.15, 0.2) is 48.7 Å². The van der Waals surface area contributed by atoms with Gasteiger partial charge in [-0.1, -0.05) is 58.0 Å². The molecule has 1 N–H and O–H groups in total. The van der Waals surface area contributed by atoms with Gasteiger partial charge in [0.25, 0.3) is 0 Å². The van der Waals surface area contributed by atoms with Crippen LogP contribution in [0.1, 0.15) is 51.8 Å². The van der Waals surface area contributed by atoms with Crippen LogP contribution in [0.5, 0.6) is 0 Å². The molecular weight excluding hydrogens is 332 g/mol. The molecule has 0 bridgehead atoms. The van der Waals surface area contributed by atoms with Crippen LogP contribution in [-0.4, -0.2) is 16.2 Å². The lowest BCUT2D eigenvalue weighted by molar-refractivity contribution is -0.0474. The Kier molecular flexibility index (Phi) is 5.22. The van der Waals surface area contributed by atoms with Gasteiger partial charge < -0.3 is 5.11 Å². The average molecular weight is 361 g/mol. The third-order valence-corrected chi connectivity index (χ3v) is 6.76. The van der Waals surface area contributed by atoms with Gasteiger partial charge in [-0.15, -0.1) is 0 Å². The molecule has 140 valence electrons. The molecule has 0 saturated heterocycles. The molecule has 27 heavy (non-hydrogen) atoms. The van der Waals surface area contributed by atoms with Gasteiger partial charge in [-0.25, -0.2) is 0 Å². The van der Waals surface area contributed by atoms with Crippen LogP contribution in [0.4, 0.5) is 0 Å². The topological polar surface area (TPSA) is 56.9 Å². The van der Waals surface area contributed by atoms with Crippen LogP contribution < -0.4 is 0 Å². The van der Waals surface area contributed by atoms with E-state index in [1.807, 2.05) is 42.6 Å². The SMILES string of the molecule is C[C@H]1CC(O)C[C@@](C)(/C=C/c2ccc(-c3ccccc3C#N)cn2)C1(C)C. The maximum absolute atomic E-state index is 10.3. The summed E-state index contributed by atoms with van der Waals surface area (Å²) < 4.78 is 0. The molecule has 1 aliphatic carbocycles. The van der Waals surface area contributed by atoms with Crippen molar-refractivity contribution < 1.29 is 5.11 Å². The first-order valence-corrected chi connectivity index (χ1v) is 9.60. The quantitative estimate of drug-likeness (QED) is 0.791. The Morgan fingerprint density at radius 2 is 1.93 bits per heavy atom. The van der Waals surface area contributed by atoms with Crippen LogP contribution in [0.3, 0.4) is 0 Å². The maximum atomic E-state index is 10.3. The van der Waals surface area contributed by atoms with E-state index in [0.29, 0.717) is 11.5 Å². The van der Waals surface area contributed by atoms with Gasteiger partial charge in [-0.05, 0) is 47.8 Å². The predicted octanol–water partition coefficient (Wildman–Crippen LogP) is 5.46. The lowest BCUT2D eigenvalue weighted by Crippen LogP contribution is -2.46. The highest BCUT2D eigenvalue weighted by molar-refractivity contribution is 5.70. The van der Waals surface area contributed by atoms with Crippen LogP contribution in [0, 0.1) is 28.1 Å². The Bertz CT molecular complexity index is 876.